The SMILES string of the molecule is C[C@@H]1CCC2C(CC[C@@H](C)[C@@H]2CC[C@@H]2CC(O)CC(=O)O2)C1. The quantitative estimate of drug-likeness (QED) is 0.804. The first-order chi connectivity index (χ1) is 10.5. The summed E-state index contributed by atoms with van der Waals surface area (Å²) in [6, 6.07) is 0. The minimum Gasteiger partial charge on any atom is -0.462 e. The molecule has 3 heteroatoms. The monoisotopic (exact) mass is 308 g/mol. The van der Waals surface area contributed by atoms with Crippen LogP contribution in [0.15, 0.2) is 0 Å². The molecule has 1 N–H and O–H groups in total. The minimum absolute atomic E-state index is 0.0497. The van der Waals surface area contributed by atoms with Gasteiger partial charge in [0, 0.05) is 6.42 Å². The van der Waals surface area contributed by atoms with Crippen LogP contribution >= 0.6 is 0 Å². The van der Waals surface area contributed by atoms with Crippen molar-refractivity contribution in [3.05, 3.63) is 0 Å². The average molecular weight is 308 g/mol. The molecule has 2 aliphatic carbocycles. The van der Waals surface area contributed by atoms with E-state index in [9.17, 15) is 9.90 Å². The van der Waals surface area contributed by atoms with Crippen LogP contribution in [0.3, 0.4) is 0 Å². The highest BCUT2D eigenvalue weighted by Crippen LogP contribution is 2.49. The van der Waals surface area contributed by atoms with Crippen LogP contribution in [0.5, 0.6) is 0 Å². The van der Waals surface area contributed by atoms with E-state index < -0.39 is 6.10 Å². The van der Waals surface area contributed by atoms with Crippen LogP contribution in [0.1, 0.15) is 71.6 Å². The van der Waals surface area contributed by atoms with Crippen molar-refractivity contribution in [1.29, 1.82) is 0 Å². The molecule has 3 nitrogen and oxygen atoms in total. The van der Waals surface area contributed by atoms with Gasteiger partial charge in [0.15, 0.2) is 0 Å². The summed E-state index contributed by atoms with van der Waals surface area (Å²) >= 11 is 0. The van der Waals surface area contributed by atoms with Crippen molar-refractivity contribution < 1.29 is 14.6 Å². The van der Waals surface area contributed by atoms with Crippen LogP contribution in [0.2, 0.25) is 0 Å². The second kappa shape index (κ2) is 6.90. The maximum absolute atomic E-state index is 11.5. The predicted molar refractivity (Wildman–Crippen MR) is 86.2 cm³/mol. The highest BCUT2D eigenvalue weighted by Gasteiger charge is 2.40. The van der Waals surface area contributed by atoms with Crippen LogP contribution in [0, 0.1) is 29.6 Å². The zero-order valence-corrected chi connectivity index (χ0v) is 14.2. The fourth-order valence-corrected chi connectivity index (χ4v) is 5.45. The summed E-state index contributed by atoms with van der Waals surface area (Å²) in [6.07, 6.45) is 9.38. The maximum atomic E-state index is 11.5. The van der Waals surface area contributed by atoms with Crippen LogP contribution in [-0.4, -0.2) is 23.3 Å². The van der Waals surface area contributed by atoms with Gasteiger partial charge in [-0.2, -0.15) is 0 Å². The lowest BCUT2D eigenvalue weighted by Gasteiger charge is -2.47. The first-order valence-corrected chi connectivity index (χ1v) is 9.40. The number of fused-ring (bicyclic) bond motifs is 1. The van der Waals surface area contributed by atoms with Crippen LogP contribution in [-0.2, 0) is 9.53 Å². The molecule has 0 radical (unpaired) electrons. The number of esters is 1. The van der Waals surface area contributed by atoms with Gasteiger partial charge in [0.25, 0.3) is 0 Å². The van der Waals surface area contributed by atoms with Gasteiger partial charge in [0.05, 0.1) is 12.5 Å². The Balaban J connectivity index is 1.56. The van der Waals surface area contributed by atoms with Gasteiger partial charge in [-0.15, -0.1) is 0 Å². The van der Waals surface area contributed by atoms with Crippen LogP contribution < -0.4 is 0 Å². The Labute approximate surface area is 134 Å². The molecule has 0 aromatic carbocycles. The Kier molecular flexibility index (Phi) is 5.11. The first-order valence-electron chi connectivity index (χ1n) is 9.40. The highest BCUT2D eigenvalue weighted by molar-refractivity contribution is 5.70. The van der Waals surface area contributed by atoms with E-state index in [4.69, 9.17) is 4.74 Å². The van der Waals surface area contributed by atoms with Crippen molar-refractivity contribution in [2.45, 2.75) is 83.8 Å². The van der Waals surface area contributed by atoms with Crippen molar-refractivity contribution in [1.82, 2.24) is 0 Å². The summed E-state index contributed by atoms with van der Waals surface area (Å²) in [4.78, 5) is 11.5. The molecular formula is C19H32O3. The number of hydrogen-bond acceptors (Lipinski definition) is 3. The van der Waals surface area contributed by atoms with Gasteiger partial charge < -0.3 is 9.84 Å². The Morgan fingerprint density at radius 2 is 1.91 bits per heavy atom. The normalized spacial score (nSPS) is 46.0. The molecular weight excluding hydrogens is 276 g/mol. The maximum Gasteiger partial charge on any atom is 0.308 e. The molecule has 0 amide bonds. The number of carbonyl (C=O) groups excluding carboxylic acids is 1. The zero-order valence-electron chi connectivity index (χ0n) is 14.2. The van der Waals surface area contributed by atoms with E-state index in [0.717, 1.165) is 36.0 Å². The first kappa shape index (κ1) is 16.3. The number of hydrogen-bond donors (Lipinski definition) is 1. The summed E-state index contributed by atoms with van der Waals surface area (Å²) < 4.78 is 5.44. The second-order valence-electron chi connectivity index (χ2n) is 8.34. The number of aliphatic hydroxyl groups is 1. The molecule has 0 bridgehead atoms. The van der Waals surface area contributed by atoms with E-state index in [1.165, 1.54) is 38.5 Å². The van der Waals surface area contributed by atoms with E-state index in [1.54, 1.807) is 0 Å². The molecule has 126 valence electrons. The Morgan fingerprint density at radius 3 is 2.68 bits per heavy atom. The molecule has 0 aromatic heterocycles. The standard InChI is InChI=1S/C19H32O3/c1-12-3-7-18-14(9-12)5-4-13(2)17(18)8-6-16-10-15(20)11-19(21)22-16/h12-18,20H,3-11H2,1-2H3/t12-,13-,14?,15?,16-,17+,18?/m1/s1. The fourth-order valence-electron chi connectivity index (χ4n) is 5.45. The smallest absolute Gasteiger partial charge is 0.308 e. The number of carbonyl (C=O) groups is 1. The summed E-state index contributed by atoms with van der Waals surface area (Å²) in [6.45, 7) is 4.83. The van der Waals surface area contributed by atoms with E-state index in [0.29, 0.717) is 6.42 Å². The summed E-state index contributed by atoms with van der Waals surface area (Å²) in [7, 11) is 0. The van der Waals surface area contributed by atoms with Crippen LogP contribution in [0.4, 0.5) is 0 Å². The average Bonchev–Trinajstić information content (AvgIpc) is 2.45. The van der Waals surface area contributed by atoms with E-state index in [1.807, 2.05) is 0 Å². The number of aliphatic hydroxyl groups excluding tert-OH is 1. The van der Waals surface area contributed by atoms with E-state index >= 15 is 0 Å². The Hall–Kier alpha value is -0.570. The third-order valence-electron chi connectivity index (χ3n) is 6.63. The molecule has 0 spiro atoms. The van der Waals surface area contributed by atoms with E-state index in [-0.39, 0.29) is 18.5 Å². The fraction of sp³-hybridized carbons (Fsp3) is 0.947. The topological polar surface area (TPSA) is 46.5 Å². The molecule has 2 saturated carbocycles. The molecule has 1 aliphatic heterocycles. The lowest BCUT2D eigenvalue weighted by atomic mass is 9.59. The number of rotatable bonds is 3. The van der Waals surface area contributed by atoms with Crippen molar-refractivity contribution in [2.24, 2.45) is 29.6 Å². The number of cyclic esters (lactones) is 1. The molecule has 3 rings (SSSR count). The van der Waals surface area contributed by atoms with Gasteiger partial charge in [-0.25, -0.2) is 0 Å². The van der Waals surface area contributed by atoms with Gasteiger partial charge in [0.1, 0.15) is 6.10 Å². The molecule has 3 fully saturated rings. The molecule has 1 saturated heterocycles. The van der Waals surface area contributed by atoms with Gasteiger partial charge in [-0.1, -0.05) is 26.7 Å². The summed E-state index contributed by atoms with van der Waals surface area (Å²) in [5, 5.41) is 9.75. The molecule has 7 atom stereocenters. The molecule has 3 unspecified atom stereocenters. The van der Waals surface area contributed by atoms with Crippen molar-refractivity contribution >= 4 is 5.97 Å². The van der Waals surface area contributed by atoms with Crippen molar-refractivity contribution in [2.75, 3.05) is 0 Å². The summed E-state index contributed by atoms with van der Waals surface area (Å²) in [5.74, 6) is 4.12. The predicted octanol–water partition coefficient (Wildman–Crippen LogP) is 3.93. The summed E-state index contributed by atoms with van der Waals surface area (Å²) in [5.41, 5.74) is 0. The molecule has 0 aromatic rings. The third kappa shape index (κ3) is 3.67. The Morgan fingerprint density at radius 1 is 1.09 bits per heavy atom. The van der Waals surface area contributed by atoms with Gasteiger partial charge in [0.2, 0.25) is 0 Å². The van der Waals surface area contributed by atoms with Crippen molar-refractivity contribution in [3.63, 3.8) is 0 Å². The minimum atomic E-state index is -0.488. The van der Waals surface area contributed by atoms with Crippen molar-refractivity contribution in [3.8, 4) is 0 Å². The van der Waals surface area contributed by atoms with Gasteiger partial charge in [-0.05, 0) is 61.7 Å². The lowest BCUT2D eigenvalue weighted by Crippen LogP contribution is -2.38. The Bertz CT molecular complexity index is 394. The zero-order chi connectivity index (χ0) is 15.7. The van der Waals surface area contributed by atoms with E-state index in [2.05, 4.69) is 13.8 Å². The van der Waals surface area contributed by atoms with Gasteiger partial charge in [-0.3, -0.25) is 4.79 Å². The van der Waals surface area contributed by atoms with Gasteiger partial charge >= 0.3 is 5.97 Å². The second-order valence-corrected chi connectivity index (χ2v) is 8.34. The number of ether oxygens (including phenoxy) is 1. The third-order valence-corrected chi connectivity index (χ3v) is 6.63. The lowest BCUT2D eigenvalue weighted by molar-refractivity contribution is -0.160. The molecule has 3 aliphatic rings. The highest BCUT2D eigenvalue weighted by atomic mass is 16.5. The van der Waals surface area contributed by atoms with Crippen LogP contribution in [0.25, 0.3) is 0 Å². The molecule has 22 heavy (non-hydrogen) atoms. The molecule has 1 heterocycles. The largest absolute Gasteiger partial charge is 0.462 e.